The molecule has 0 bridgehead atoms. The molecule has 3 saturated heterocycles. The van der Waals surface area contributed by atoms with E-state index in [0.29, 0.717) is 12.3 Å². The number of fused-ring (bicyclic) bond motifs is 3. The minimum absolute atomic E-state index is 0.262. The first kappa shape index (κ1) is 22.7. The van der Waals surface area contributed by atoms with E-state index in [1.54, 1.807) is 0 Å². The van der Waals surface area contributed by atoms with Crippen LogP contribution in [0.4, 0.5) is 5.69 Å². The summed E-state index contributed by atoms with van der Waals surface area (Å²) >= 11 is 0. The summed E-state index contributed by atoms with van der Waals surface area (Å²) in [6.45, 7) is 2.53. The summed E-state index contributed by atoms with van der Waals surface area (Å²) in [5, 5.41) is 2.98. The fraction of sp³-hybridized carbons (Fsp3) is 0.731. The lowest BCUT2D eigenvalue weighted by molar-refractivity contribution is -0.246. The van der Waals surface area contributed by atoms with Crippen LogP contribution < -0.4 is 10.1 Å². The molecule has 2 saturated carbocycles. The fourth-order valence-corrected chi connectivity index (χ4v) is 6.18. The van der Waals surface area contributed by atoms with Gasteiger partial charge in [-0.15, -0.1) is 0 Å². The van der Waals surface area contributed by atoms with Gasteiger partial charge in [0.15, 0.2) is 24.0 Å². The van der Waals surface area contributed by atoms with Gasteiger partial charge in [0, 0.05) is 31.4 Å². The van der Waals surface area contributed by atoms with E-state index < -0.39 is 36.2 Å². The van der Waals surface area contributed by atoms with Gasteiger partial charge in [0.25, 0.3) is 5.91 Å². The monoisotopic (exact) mass is 473 g/mol. The predicted molar refractivity (Wildman–Crippen MR) is 122 cm³/mol. The standard InChI is InChI=1S/C26H35NO7/c1-2-29-18-11-9-17(10-12-18)27-23(28)21-19-20(32-25(31-19)13-5-3-6-14-25)22-24(30-21)34-26(33-22)15-7-4-8-16-26/h9-12,19-22,24H,2-8,13-16H2,1H3,(H,27,28)/t19-,20-,21+,22+,24+/m0/s1. The Kier molecular flexibility index (Phi) is 6.06. The Morgan fingerprint density at radius 1 is 0.853 bits per heavy atom. The summed E-state index contributed by atoms with van der Waals surface area (Å²) in [4.78, 5) is 13.4. The third kappa shape index (κ3) is 4.13. The molecular weight excluding hydrogens is 438 g/mol. The molecule has 1 aromatic carbocycles. The summed E-state index contributed by atoms with van der Waals surface area (Å²) in [6, 6.07) is 7.33. The van der Waals surface area contributed by atoms with Crippen molar-refractivity contribution in [1.29, 1.82) is 0 Å². The lowest BCUT2D eigenvalue weighted by Gasteiger charge is -2.36. The minimum atomic E-state index is -0.846. The smallest absolute Gasteiger partial charge is 0.256 e. The first-order valence-electron chi connectivity index (χ1n) is 13.0. The maximum Gasteiger partial charge on any atom is 0.256 e. The van der Waals surface area contributed by atoms with Crippen LogP contribution in [-0.4, -0.2) is 54.8 Å². The maximum atomic E-state index is 13.4. The number of carbonyl (C=O) groups is 1. The molecule has 0 radical (unpaired) electrons. The topological polar surface area (TPSA) is 84.5 Å². The third-order valence-electron chi connectivity index (χ3n) is 7.80. The highest BCUT2D eigenvalue weighted by Crippen LogP contribution is 2.51. The summed E-state index contributed by atoms with van der Waals surface area (Å²) in [6.07, 6.45) is 7.14. The van der Waals surface area contributed by atoms with Crippen LogP contribution in [0, 0.1) is 0 Å². The van der Waals surface area contributed by atoms with Crippen molar-refractivity contribution in [3.63, 3.8) is 0 Å². The molecule has 2 aliphatic carbocycles. The first-order chi connectivity index (χ1) is 16.6. The predicted octanol–water partition coefficient (Wildman–Crippen LogP) is 4.27. The number of hydrogen-bond acceptors (Lipinski definition) is 7. The van der Waals surface area contributed by atoms with Crippen molar-refractivity contribution in [3.8, 4) is 5.75 Å². The molecule has 0 aromatic heterocycles. The van der Waals surface area contributed by atoms with Gasteiger partial charge in [0.1, 0.15) is 24.1 Å². The zero-order valence-electron chi connectivity index (χ0n) is 19.8. The van der Waals surface area contributed by atoms with E-state index in [0.717, 1.165) is 57.1 Å². The molecule has 8 heteroatoms. The summed E-state index contributed by atoms with van der Waals surface area (Å²) < 4.78 is 37.8. The van der Waals surface area contributed by atoms with Gasteiger partial charge in [-0.2, -0.15) is 0 Å². The molecule has 186 valence electrons. The average molecular weight is 474 g/mol. The molecule has 5 atom stereocenters. The van der Waals surface area contributed by atoms with E-state index in [4.69, 9.17) is 28.4 Å². The molecule has 1 aromatic rings. The highest BCUT2D eigenvalue weighted by molar-refractivity contribution is 5.94. The van der Waals surface area contributed by atoms with Crippen molar-refractivity contribution in [2.45, 2.75) is 113 Å². The molecule has 5 fully saturated rings. The van der Waals surface area contributed by atoms with E-state index in [1.165, 1.54) is 12.8 Å². The maximum absolute atomic E-state index is 13.4. The van der Waals surface area contributed by atoms with Gasteiger partial charge in [-0.25, -0.2) is 0 Å². The van der Waals surface area contributed by atoms with Crippen LogP contribution in [0.25, 0.3) is 0 Å². The Morgan fingerprint density at radius 3 is 2.09 bits per heavy atom. The Morgan fingerprint density at radius 2 is 1.44 bits per heavy atom. The van der Waals surface area contributed by atoms with E-state index in [-0.39, 0.29) is 12.0 Å². The second kappa shape index (κ2) is 9.06. The Balaban J connectivity index is 1.23. The molecule has 34 heavy (non-hydrogen) atoms. The highest BCUT2D eigenvalue weighted by atomic mass is 16.9. The van der Waals surface area contributed by atoms with Crippen molar-refractivity contribution < 1.29 is 33.2 Å². The zero-order chi connectivity index (χ0) is 23.2. The molecule has 1 amide bonds. The van der Waals surface area contributed by atoms with Crippen LogP contribution >= 0.6 is 0 Å². The van der Waals surface area contributed by atoms with Crippen LogP contribution in [0.5, 0.6) is 5.75 Å². The van der Waals surface area contributed by atoms with Gasteiger partial charge in [-0.1, -0.05) is 12.8 Å². The number of carbonyl (C=O) groups excluding carboxylic acids is 1. The van der Waals surface area contributed by atoms with Crippen molar-refractivity contribution in [2.24, 2.45) is 0 Å². The zero-order valence-corrected chi connectivity index (χ0v) is 19.8. The first-order valence-corrected chi connectivity index (χ1v) is 13.0. The van der Waals surface area contributed by atoms with Crippen LogP contribution in [0.1, 0.15) is 71.1 Å². The quantitative estimate of drug-likeness (QED) is 0.699. The average Bonchev–Trinajstić information content (AvgIpc) is 3.38. The van der Waals surface area contributed by atoms with Crippen molar-refractivity contribution in [3.05, 3.63) is 24.3 Å². The Hall–Kier alpha value is -1.71. The van der Waals surface area contributed by atoms with Gasteiger partial charge >= 0.3 is 0 Å². The van der Waals surface area contributed by atoms with Crippen LogP contribution in [-0.2, 0) is 28.5 Å². The van der Waals surface area contributed by atoms with Crippen LogP contribution in [0.3, 0.4) is 0 Å². The molecular formula is C26H35NO7. The fourth-order valence-electron chi connectivity index (χ4n) is 6.18. The number of hydrogen-bond donors (Lipinski definition) is 1. The van der Waals surface area contributed by atoms with Crippen molar-refractivity contribution in [2.75, 3.05) is 11.9 Å². The normalized spacial score (nSPS) is 35.6. The third-order valence-corrected chi connectivity index (χ3v) is 7.80. The lowest BCUT2D eigenvalue weighted by Crippen LogP contribution is -2.58. The second-order valence-corrected chi connectivity index (χ2v) is 10.2. The Labute approximate surface area is 200 Å². The molecule has 5 aliphatic rings. The number of ether oxygens (including phenoxy) is 6. The van der Waals surface area contributed by atoms with Crippen molar-refractivity contribution in [1.82, 2.24) is 0 Å². The molecule has 3 aliphatic heterocycles. The molecule has 6 rings (SSSR count). The van der Waals surface area contributed by atoms with Crippen LogP contribution in [0.2, 0.25) is 0 Å². The number of rotatable bonds is 4. The minimum Gasteiger partial charge on any atom is -0.494 e. The summed E-state index contributed by atoms with van der Waals surface area (Å²) in [5.74, 6) is -0.792. The van der Waals surface area contributed by atoms with Crippen molar-refractivity contribution >= 4 is 11.6 Å². The number of amides is 1. The second-order valence-electron chi connectivity index (χ2n) is 10.2. The van der Waals surface area contributed by atoms with E-state index >= 15 is 0 Å². The van der Waals surface area contributed by atoms with Gasteiger partial charge in [-0.05, 0) is 56.9 Å². The highest BCUT2D eigenvalue weighted by Gasteiger charge is 2.65. The van der Waals surface area contributed by atoms with Gasteiger partial charge in [0.2, 0.25) is 0 Å². The number of nitrogens with one attached hydrogen (secondary N) is 1. The Bertz CT molecular complexity index is 878. The van der Waals surface area contributed by atoms with E-state index in [9.17, 15) is 4.79 Å². The SMILES string of the molecule is CCOc1ccc(NC(=O)[C@@H]2O[C@@H]3OC4(CCCCC4)O[C@@H]3[C@H]3OC4(CCCCC4)O[C@@H]32)cc1. The van der Waals surface area contributed by atoms with E-state index in [1.807, 2.05) is 31.2 Å². The number of benzene rings is 1. The van der Waals surface area contributed by atoms with Gasteiger partial charge in [-0.3, -0.25) is 4.79 Å². The van der Waals surface area contributed by atoms with E-state index in [2.05, 4.69) is 5.32 Å². The lowest BCUT2D eigenvalue weighted by atomic mass is 9.94. The van der Waals surface area contributed by atoms with Crippen LogP contribution in [0.15, 0.2) is 24.3 Å². The molecule has 3 heterocycles. The van der Waals surface area contributed by atoms with Gasteiger partial charge < -0.3 is 33.7 Å². The molecule has 2 spiro atoms. The summed E-state index contributed by atoms with van der Waals surface area (Å²) in [5.41, 5.74) is 0.675. The molecule has 0 unspecified atom stereocenters. The molecule has 1 N–H and O–H groups in total. The number of anilines is 1. The molecule has 8 nitrogen and oxygen atoms in total. The largest absolute Gasteiger partial charge is 0.494 e. The summed E-state index contributed by atoms with van der Waals surface area (Å²) in [7, 11) is 0. The van der Waals surface area contributed by atoms with Gasteiger partial charge in [0.05, 0.1) is 6.61 Å².